The molecule has 20 heavy (non-hydrogen) atoms. The molecule has 0 bridgehead atoms. The average molecular weight is 302 g/mol. The van der Waals surface area contributed by atoms with Gasteiger partial charge in [-0.2, -0.15) is 0 Å². The number of ether oxygens (including phenoxy) is 1. The molecular weight excluding hydrogens is 290 g/mol. The molecule has 1 aromatic rings. The van der Waals surface area contributed by atoms with Crippen LogP contribution in [0.15, 0.2) is 18.2 Å². The minimum atomic E-state index is -1.97. The molecule has 1 aromatic carbocycles. The molecule has 0 aliphatic heterocycles. The largest absolute Gasteiger partial charge is 0.478 e. The third kappa shape index (κ3) is 2.88. The van der Waals surface area contributed by atoms with Crippen LogP contribution in [0.1, 0.15) is 25.8 Å². The molecule has 0 aromatic heterocycles. The van der Waals surface area contributed by atoms with Crippen molar-refractivity contribution in [2.45, 2.75) is 25.9 Å². The van der Waals surface area contributed by atoms with Crippen molar-refractivity contribution in [3.05, 3.63) is 38.9 Å². The predicted molar refractivity (Wildman–Crippen MR) is 69.5 cm³/mol. The van der Waals surface area contributed by atoms with E-state index in [9.17, 15) is 24.8 Å². The molecule has 0 saturated carbocycles. The maximum absolute atomic E-state index is 11.5. The maximum Gasteiger partial charge on any atom is 0.352 e. The smallest absolute Gasteiger partial charge is 0.352 e. The van der Waals surface area contributed by atoms with Crippen molar-refractivity contribution in [1.29, 1.82) is 0 Å². The van der Waals surface area contributed by atoms with Crippen LogP contribution in [0.3, 0.4) is 0 Å². The number of carbonyl (C=O) groups excluding carboxylic acids is 1. The average Bonchev–Trinajstić information content (AvgIpc) is 2.35. The zero-order valence-electron chi connectivity index (χ0n) is 10.8. The molecule has 8 heteroatoms. The summed E-state index contributed by atoms with van der Waals surface area (Å²) in [5.74, 6) is -2.21. The normalized spacial score (nSPS) is 13.3. The zero-order chi connectivity index (χ0) is 15.5. The predicted octanol–water partition coefficient (Wildman–Crippen LogP) is 2.50. The second-order valence-corrected chi connectivity index (χ2v) is 4.41. The van der Waals surface area contributed by atoms with Gasteiger partial charge in [0.25, 0.3) is 5.69 Å². The first kappa shape index (κ1) is 15.9. The molecule has 0 saturated heterocycles. The number of nitro groups is 1. The summed E-state index contributed by atoms with van der Waals surface area (Å²) < 4.78 is 4.91. The van der Waals surface area contributed by atoms with E-state index in [4.69, 9.17) is 16.3 Å². The number of carbonyl (C=O) groups is 2. The van der Waals surface area contributed by atoms with E-state index in [-0.39, 0.29) is 17.0 Å². The van der Waals surface area contributed by atoms with E-state index in [2.05, 4.69) is 0 Å². The second kappa shape index (κ2) is 5.87. The zero-order valence-corrected chi connectivity index (χ0v) is 11.5. The van der Waals surface area contributed by atoms with E-state index in [1.165, 1.54) is 19.1 Å². The van der Waals surface area contributed by atoms with Crippen LogP contribution in [-0.2, 0) is 19.9 Å². The first-order valence-electron chi connectivity index (χ1n) is 5.62. The molecule has 0 radical (unpaired) electrons. The van der Waals surface area contributed by atoms with E-state index in [0.717, 1.165) is 13.0 Å². The van der Waals surface area contributed by atoms with Gasteiger partial charge in [-0.1, -0.05) is 24.6 Å². The van der Waals surface area contributed by atoms with Crippen molar-refractivity contribution in [2.24, 2.45) is 0 Å². The van der Waals surface area contributed by atoms with Gasteiger partial charge in [-0.25, -0.2) is 4.79 Å². The SMILES string of the molecule is CCC(OC(C)=O)(C(=O)O)c1ccc(Cl)c([N+](=O)[O-])c1. The number of carboxylic acids is 1. The number of hydrogen-bond acceptors (Lipinski definition) is 5. The number of aliphatic carboxylic acids is 1. The lowest BCUT2D eigenvalue weighted by Crippen LogP contribution is -2.39. The Labute approximate surface area is 119 Å². The lowest BCUT2D eigenvalue weighted by atomic mass is 9.90. The van der Waals surface area contributed by atoms with Crippen molar-refractivity contribution >= 4 is 29.2 Å². The maximum atomic E-state index is 11.5. The monoisotopic (exact) mass is 301 g/mol. The van der Waals surface area contributed by atoms with Gasteiger partial charge in [0, 0.05) is 18.6 Å². The fourth-order valence-corrected chi connectivity index (χ4v) is 1.99. The van der Waals surface area contributed by atoms with E-state index >= 15 is 0 Å². The van der Waals surface area contributed by atoms with Crippen LogP contribution < -0.4 is 0 Å². The quantitative estimate of drug-likeness (QED) is 0.508. The standard InChI is InChI=1S/C12H12ClNO6/c1-3-12(11(16)17,20-7(2)15)8-4-5-9(13)10(6-8)14(18)19/h4-6H,3H2,1-2H3,(H,16,17). The number of halogens is 1. The van der Waals surface area contributed by atoms with Gasteiger partial charge in [-0.15, -0.1) is 0 Å². The van der Waals surface area contributed by atoms with Crippen molar-refractivity contribution in [3.63, 3.8) is 0 Å². The van der Waals surface area contributed by atoms with E-state index < -0.39 is 28.2 Å². The molecule has 1 atom stereocenters. The number of carboxylic acid groups (broad SMARTS) is 1. The highest BCUT2D eigenvalue weighted by Crippen LogP contribution is 2.35. The van der Waals surface area contributed by atoms with Crippen molar-refractivity contribution in [3.8, 4) is 0 Å². The van der Waals surface area contributed by atoms with Crippen LogP contribution in [0.4, 0.5) is 5.69 Å². The summed E-state index contributed by atoms with van der Waals surface area (Å²) in [4.78, 5) is 32.7. The van der Waals surface area contributed by atoms with Gasteiger partial charge in [0.05, 0.1) is 4.92 Å². The molecule has 1 rings (SSSR count). The van der Waals surface area contributed by atoms with Crippen LogP contribution in [0.2, 0.25) is 5.02 Å². The third-order valence-electron chi connectivity index (χ3n) is 2.77. The number of hydrogen-bond donors (Lipinski definition) is 1. The number of nitrogens with zero attached hydrogens (tertiary/aromatic N) is 1. The Bertz CT molecular complexity index is 573. The van der Waals surface area contributed by atoms with Crippen molar-refractivity contribution < 1.29 is 24.4 Å². The summed E-state index contributed by atoms with van der Waals surface area (Å²) in [6.45, 7) is 2.56. The Balaban J connectivity index is 3.49. The molecule has 1 N–H and O–H groups in total. The van der Waals surface area contributed by atoms with Gasteiger partial charge < -0.3 is 9.84 Å². The van der Waals surface area contributed by atoms with Gasteiger partial charge in [0.1, 0.15) is 5.02 Å². The Morgan fingerprint density at radius 1 is 1.50 bits per heavy atom. The summed E-state index contributed by atoms with van der Waals surface area (Å²) >= 11 is 5.67. The molecule has 0 aliphatic rings. The highest BCUT2D eigenvalue weighted by molar-refractivity contribution is 6.32. The van der Waals surface area contributed by atoms with E-state index in [1.807, 2.05) is 0 Å². The van der Waals surface area contributed by atoms with Gasteiger partial charge >= 0.3 is 11.9 Å². The number of benzene rings is 1. The molecule has 0 aliphatic carbocycles. The molecular formula is C12H12ClNO6. The second-order valence-electron chi connectivity index (χ2n) is 4.00. The summed E-state index contributed by atoms with van der Waals surface area (Å²) in [5, 5.41) is 20.1. The number of nitro benzene ring substituents is 1. The van der Waals surface area contributed by atoms with Gasteiger partial charge in [-0.3, -0.25) is 14.9 Å². The summed E-state index contributed by atoms with van der Waals surface area (Å²) in [6, 6.07) is 3.49. The fourth-order valence-electron chi connectivity index (χ4n) is 1.80. The third-order valence-corrected chi connectivity index (χ3v) is 3.09. The van der Waals surface area contributed by atoms with Crippen molar-refractivity contribution in [2.75, 3.05) is 0 Å². The molecule has 1 unspecified atom stereocenters. The lowest BCUT2D eigenvalue weighted by molar-refractivity contribution is -0.384. The minimum Gasteiger partial charge on any atom is -0.478 e. The Kier molecular flexibility index (Phi) is 4.67. The van der Waals surface area contributed by atoms with Gasteiger partial charge in [0.15, 0.2) is 0 Å². The van der Waals surface area contributed by atoms with Crippen LogP contribution in [0.25, 0.3) is 0 Å². The Morgan fingerprint density at radius 3 is 2.50 bits per heavy atom. The number of rotatable bonds is 5. The fraction of sp³-hybridized carbons (Fsp3) is 0.333. The van der Waals surface area contributed by atoms with Gasteiger partial charge in [-0.05, 0) is 12.5 Å². The van der Waals surface area contributed by atoms with Crippen LogP contribution in [0, 0.1) is 10.1 Å². The molecule has 0 amide bonds. The van der Waals surface area contributed by atoms with Crippen LogP contribution >= 0.6 is 11.6 Å². The lowest BCUT2D eigenvalue weighted by Gasteiger charge is -2.27. The Hall–Kier alpha value is -2.15. The number of esters is 1. The highest BCUT2D eigenvalue weighted by atomic mass is 35.5. The molecule has 0 heterocycles. The summed E-state index contributed by atoms with van der Waals surface area (Å²) in [7, 11) is 0. The van der Waals surface area contributed by atoms with Crippen LogP contribution in [0.5, 0.6) is 0 Å². The molecule has 7 nitrogen and oxygen atoms in total. The molecule has 108 valence electrons. The minimum absolute atomic E-state index is 0.0150. The first-order valence-corrected chi connectivity index (χ1v) is 5.99. The Morgan fingerprint density at radius 2 is 2.10 bits per heavy atom. The molecule has 0 fully saturated rings. The molecule has 0 spiro atoms. The van der Waals surface area contributed by atoms with E-state index in [0.29, 0.717) is 0 Å². The van der Waals surface area contributed by atoms with Gasteiger partial charge in [0.2, 0.25) is 5.60 Å². The van der Waals surface area contributed by atoms with Crippen molar-refractivity contribution in [1.82, 2.24) is 0 Å². The summed E-state index contributed by atoms with van der Waals surface area (Å²) in [6.07, 6.45) is -0.0826. The van der Waals surface area contributed by atoms with E-state index in [1.54, 1.807) is 0 Å². The summed E-state index contributed by atoms with van der Waals surface area (Å²) in [5.41, 5.74) is -2.43. The topological polar surface area (TPSA) is 107 Å². The highest BCUT2D eigenvalue weighted by Gasteiger charge is 2.43. The first-order chi connectivity index (χ1) is 9.24. The van der Waals surface area contributed by atoms with Crippen LogP contribution in [-0.4, -0.2) is 22.0 Å².